The monoisotopic (exact) mass is 299 g/mol. The number of hydrogen-bond donors (Lipinski definition) is 2. The highest BCUT2D eigenvalue weighted by molar-refractivity contribution is 5.85. The summed E-state index contributed by atoms with van der Waals surface area (Å²) in [4.78, 5) is 4.07. The van der Waals surface area contributed by atoms with Gasteiger partial charge in [-0.05, 0) is 12.1 Å². The van der Waals surface area contributed by atoms with Gasteiger partial charge >= 0.3 is 6.18 Å². The molecule has 1 heterocycles. The van der Waals surface area contributed by atoms with Gasteiger partial charge in [-0.15, -0.1) is 0 Å². The Kier molecular flexibility index (Phi) is 4.15. The Hall–Kier alpha value is -2.51. The lowest BCUT2D eigenvalue weighted by molar-refractivity contribution is -0.162. The van der Waals surface area contributed by atoms with Crippen LogP contribution in [0.3, 0.4) is 0 Å². The fourth-order valence-electron chi connectivity index (χ4n) is 1.78. The summed E-state index contributed by atoms with van der Waals surface area (Å²) < 4.78 is 43.6. The number of pyridine rings is 1. The van der Waals surface area contributed by atoms with E-state index in [1.54, 1.807) is 24.3 Å². The molecule has 0 saturated carbocycles. The number of halogens is 3. The highest BCUT2D eigenvalue weighted by atomic mass is 19.4. The van der Waals surface area contributed by atoms with Crippen molar-refractivity contribution in [2.24, 2.45) is 16.8 Å². The number of alkyl halides is 3. The molecule has 1 atom stereocenters. The van der Waals surface area contributed by atoms with Crippen molar-refractivity contribution in [3.05, 3.63) is 36.5 Å². The van der Waals surface area contributed by atoms with Crippen LogP contribution < -0.4 is 10.5 Å². The van der Waals surface area contributed by atoms with Crippen LogP contribution in [0.2, 0.25) is 0 Å². The zero-order chi connectivity index (χ0) is 15.5. The highest BCUT2D eigenvalue weighted by Gasteiger charge is 2.43. The van der Waals surface area contributed by atoms with Crippen LogP contribution in [0, 0.1) is 5.92 Å². The third-order valence-electron chi connectivity index (χ3n) is 2.87. The molecule has 0 fully saturated rings. The van der Waals surface area contributed by atoms with E-state index in [1.165, 1.54) is 12.3 Å². The van der Waals surface area contributed by atoms with E-state index in [4.69, 9.17) is 15.7 Å². The Morgan fingerprint density at radius 1 is 1.33 bits per heavy atom. The maximum Gasteiger partial charge on any atom is 0.402 e. The van der Waals surface area contributed by atoms with Crippen LogP contribution in [0.4, 0.5) is 13.2 Å². The summed E-state index contributed by atoms with van der Waals surface area (Å²) in [6, 6.07) is 8.39. The zero-order valence-electron chi connectivity index (χ0n) is 10.7. The predicted octanol–water partition coefficient (Wildman–Crippen LogP) is 2.54. The number of para-hydroxylation sites is 1. The van der Waals surface area contributed by atoms with Gasteiger partial charge in [-0.1, -0.05) is 23.4 Å². The number of hydrogen-bond acceptors (Lipinski definition) is 4. The van der Waals surface area contributed by atoms with Crippen molar-refractivity contribution in [2.45, 2.75) is 6.18 Å². The van der Waals surface area contributed by atoms with Crippen LogP contribution in [0.15, 0.2) is 41.7 Å². The van der Waals surface area contributed by atoms with E-state index in [1.807, 2.05) is 0 Å². The second-order valence-corrected chi connectivity index (χ2v) is 4.26. The molecule has 0 aliphatic carbocycles. The van der Waals surface area contributed by atoms with Gasteiger partial charge in [-0.25, -0.2) is 0 Å². The average molecular weight is 299 g/mol. The van der Waals surface area contributed by atoms with E-state index < -0.39 is 24.5 Å². The molecule has 0 spiro atoms. The Bertz CT molecular complexity index is 653. The van der Waals surface area contributed by atoms with E-state index in [2.05, 4.69) is 10.1 Å². The SMILES string of the molecule is N/C(=N/O)C(COc1cccc2cccnc12)C(F)(F)F. The van der Waals surface area contributed by atoms with Crippen LogP contribution in [-0.4, -0.2) is 28.8 Å². The number of fused-ring (bicyclic) bond motifs is 1. The van der Waals surface area contributed by atoms with Crippen molar-refractivity contribution in [2.75, 3.05) is 6.61 Å². The number of rotatable bonds is 4. The molecule has 112 valence electrons. The maximum absolute atomic E-state index is 12.8. The van der Waals surface area contributed by atoms with Gasteiger partial charge in [0.1, 0.15) is 23.8 Å². The molecule has 8 heteroatoms. The summed E-state index contributed by atoms with van der Waals surface area (Å²) in [6.45, 7) is -0.797. The fraction of sp³-hybridized carbons (Fsp3) is 0.231. The normalized spacial score (nSPS) is 14.1. The van der Waals surface area contributed by atoms with Crippen molar-refractivity contribution in [1.82, 2.24) is 4.98 Å². The average Bonchev–Trinajstić information content (AvgIpc) is 2.46. The number of aromatic nitrogens is 1. The molecule has 0 aliphatic rings. The smallest absolute Gasteiger partial charge is 0.402 e. The molecule has 0 radical (unpaired) electrons. The minimum Gasteiger partial charge on any atom is -0.490 e. The molecule has 1 aromatic carbocycles. The highest BCUT2D eigenvalue weighted by Crippen LogP contribution is 2.29. The van der Waals surface area contributed by atoms with Gasteiger partial charge in [0.25, 0.3) is 0 Å². The number of oxime groups is 1. The largest absolute Gasteiger partial charge is 0.490 e. The zero-order valence-corrected chi connectivity index (χ0v) is 10.7. The number of nitrogens with zero attached hydrogens (tertiary/aromatic N) is 2. The molecule has 2 rings (SSSR count). The van der Waals surface area contributed by atoms with Crippen molar-refractivity contribution in [3.8, 4) is 5.75 Å². The predicted molar refractivity (Wildman–Crippen MR) is 70.2 cm³/mol. The third-order valence-corrected chi connectivity index (χ3v) is 2.87. The molecule has 5 nitrogen and oxygen atoms in total. The van der Waals surface area contributed by atoms with E-state index in [-0.39, 0.29) is 5.75 Å². The first-order chi connectivity index (χ1) is 9.93. The van der Waals surface area contributed by atoms with E-state index in [0.717, 1.165) is 5.39 Å². The van der Waals surface area contributed by atoms with Crippen molar-refractivity contribution >= 4 is 16.7 Å². The Morgan fingerprint density at radius 3 is 2.71 bits per heavy atom. The molecule has 3 N–H and O–H groups in total. The Labute approximate surface area is 117 Å². The standard InChI is InChI=1S/C13H12F3N3O2/c14-13(15,16)9(12(17)19-20)7-21-10-5-1-3-8-4-2-6-18-11(8)10/h1-6,9,20H,7H2,(H2,17,19). The van der Waals surface area contributed by atoms with Crippen LogP contribution in [0.5, 0.6) is 5.75 Å². The number of amidine groups is 1. The van der Waals surface area contributed by atoms with Gasteiger partial charge < -0.3 is 15.7 Å². The molecule has 0 amide bonds. The van der Waals surface area contributed by atoms with Gasteiger partial charge in [-0.3, -0.25) is 4.98 Å². The van der Waals surface area contributed by atoms with Crippen LogP contribution in [0.25, 0.3) is 10.9 Å². The quantitative estimate of drug-likeness (QED) is 0.393. The van der Waals surface area contributed by atoms with Crippen molar-refractivity contribution in [1.29, 1.82) is 0 Å². The molecular formula is C13H12F3N3O2. The van der Waals surface area contributed by atoms with Crippen LogP contribution >= 0.6 is 0 Å². The maximum atomic E-state index is 12.8. The Morgan fingerprint density at radius 2 is 2.05 bits per heavy atom. The number of nitrogens with two attached hydrogens (primary N) is 1. The molecule has 0 aliphatic heterocycles. The van der Waals surface area contributed by atoms with E-state index in [0.29, 0.717) is 5.52 Å². The van der Waals surface area contributed by atoms with Crippen LogP contribution in [-0.2, 0) is 0 Å². The van der Waals surface area contributed by atoms with Crippen molar-refractivity contribution < 1.29 is 23.1 Å². The summed E-state index contributed by atoms with van der Waals surface area (Å²) in [5.74, 6) is -2.94. The first-order valence-corrected chi connectivity index (χ1v) is 5.94. The first kappa shape index (κ1) is 14.9. The number of benzene rings is 1. The lowest BCUT2D eigenvalue weighted by atomic mass is 10.1. The molecule has 1 aromatic heterocycles. The van der Waals surface area contributed by atoms with Gasteiger partial charge in [0.2, 0.25) is 0 Å². The summed E-state index contributed by atoms with van der Waals surface area (Å²) in [6.07, 6.45) is -3.16. The minimum atomic E-state index is -4.67. The summed E-state index contributed by atoms with van der Waals surface area (Å²) in [7, 11) is 0. The molecular weight excluding hydrogens is 287 g/mol. The van der Waals surface area contributed by atoms with E-state index in [9.17, 15) is 13.2 Å². The summed E-state index contributed by atoms with van der Waals surface area (Å²) in [5.41, 5.74) is 5.51. The molecule has 0 bridgehead atoms. The molecule has 1 unspecified atom stereocenters. The van der Waals surface area contributed by atoms with Gasteiger partial charge in [0.15, 0.2) is 5.84 Å². The minimum absolute atomic E-state index is 0.202. The summed E-state index contributed by atoms with van der Waals surface area (Å²) in [5, 5.41) is 11.6. The topological polar surface area (TPSA) is 80.7 Å². The second kappa shape index (κ2) is 5.86. The molecule has 2 aromatic rings. The lowest BCUT2D eigenvalue weighted by Gasteiger charge is -2.19. The second-order valence-electron chi connectivity index (χ2n) is 4.26. The first-order valence-electron chi connectivity index (χ1n) is 5.94. The number of ether oxygens (including phenoxy) is 1. The third kappa shape index (κ3) is 3.33. The van der Waals surface area contributed by atoms with Gasteiger partial charge in [0.05, 0.1) is 0 Å². The van der Waals surface area contributed by atoms with Gasteiger partial charge in [-0.2, -0.15) is 13.2 Å². The molecule has 21 heavy (non-hydrogen) atoms. The lowest BCUT2D eigenvalue weighted by Crippen LogP contribution is -2.40. The van der Waals surface area contributed by atoms with Crippen molar-refractivity contribution in [3.63, 3.8) is 0 Å². The van der Waals surface area contributed by atoms with Crippen LogP contribution in [0.1, 0.15) is 0 Å². The van der Waals surface area contributed by atoms with Gasteiger partial charge in [0, 0.05) is 11.6 Å². The summed E-state index contributed by atoms with van der Waals surface area (Å²) >= 11 is 0. The van der Waals surface area contributed by atoms with E-state index >= 15 is 0 Å². The Balaban J connectivity index is 2.24. The molecule has 0 saturated heterocycles. The fourth-order valence-corrected chi connectivity index (χ4v) is 1.78.